The van der Waals surface area contributed by atoms with E-state index in [-0.39, 0.29) is 16.4 Å². The van der Waals surface area contributed by atoms with E-state index in [4.69, 9.17) is 9.47 Å². The fourth-order valence-electron chi connectivity index (χ4n) is 4.11. The van der Waals surface area contributed by atoms with Gasteiger partial charge in [-0.1, -0.05) is 48.0 Å². The Balaban J connectivity index is 1.97. The molecule has 0 saturated heterocycles. The molecule has 180 valence electrons. The lowest BCUT2D eigenvalue weighted by molar-refractivity contribution is -0.113. The molecule has 1 aliphatic heterocycles. The van der Waals surface area contributed by atoms with Crippen molar-refractivity contribution in [3.8, 4) is 5.75 Å². The van der Waals surface area contributed by atoms with Crippen LogP contribution in [-0.4, -0.2) is 21.3 Å². The number of carbonyl (C=O) groups is 1. The lowest BCUT2D eigenvalue weighted by Crippen LogP contribution is -2.25. The minimum Gasteiger partial charge on any atom is -0.497 e. The van der Waals surface area contributed by atoms with Gasteiger partial charge < -0.3 is 9.47 Å². The fraction of sp³-hybridized carbons (Fsp3) is 0.179. The van der Waals surface area contributed by atoms with E-state index in [1.54, 1.807) is 62.6 Å². The predicted octanol–water partition coefficient (Wildman–Crippen LogP) is 5.33. The van der Waals surface area contributed by atoms with Crippen molar-refractivity contribution in [2.24, 2.45) is 0 Å². The minimum atomic E-state index is -3.98. The number of hydrogen-bond acceptors (Lipinski definition) is 5. The number of aryl methyl sites for hydroxylation is 1. The highest BCUT2D eigenvalue weighted by atomic mass is 32.2. The van der Waals surface area contributed by atoms with E-state index in [1.807, 2.05) is 37.3 Å². The van der Waals surface area contributed by atoms with Crippen LogP contribution >= 0.6 is 0 Å². The molecule has 0 aromatic heterocycles. The highest BCUT2D eigenvalue weighted by Crippen LogP contribution is 2.44. The lowest BCUT2D eigenvalue weighted by Gasteiger charge is -2.21. The molecule has 3 aromatic carbocycles. The van der Waals surface area contributed by atoms with Crippen LogP contribution in [0.3, 0.4) is 0 Å². The summed E-state index contributed by atoms with van der Waals surface area (Å²) in [7, 11) is -2.42. The maximum Gasteiger partial charge on any atom is 0.261 e. The molecule has 1 heterocycles. The van der Waals surface area contributed by atoms with E-state index >= 15 is 0 Å². The van der Waals surface area contributed by atoms with Gasteiger partial charge in [0.15, 0.2) is 11.9 Å². The molecular weight excluding hydrogens is 462 g/mol. The average molecular weight is 490 g/mol. The van der Waals surface area contributed by atoms with Gasteiger partial charge in [0.25, 0.3) is 10.0 Å². The van der Waals surface area contributed by atoms with Crippen LogP contribution < -0.4 is 9.46 Å². The van der Waals surface area contributed by atoms with E-state index in [0.717, 1.165) is 11.1 Å². The van der Waals surface area contributed by atoms with Crippen LogP contribution in [0.5, 0.6) is 5.75 Å². The predicted molar refractivity (Wildman–Crippen MR) is 135 cm³/mol. The number of nitrogens with one attached hydrogen (secondary N) is 1. The highest BCUT2D eigenvalue weighted by Gasteiger charge is 2.37. The number of ether oxygens (including phenoxy) is 2. The summed E-state index contributed by atoms with van der Waals surface area (Å²) in [6.07, 6.45) is -0.659. The maximum atomic E-state index is 13.5. The summed E-state index contributed by atoms with van der Waals surface area (Å²) in [5.74, 6) is 0.860. The topological polar surface area (TPSA) is 81.7 Å². The molecule has 0 amide bonds. The van der Waals surface area contributed by atoms with Crippen molar-refractivity contribution in [2.45, 2.75) is 31.8 Å². The number of Topliss-reactive ketones (excluding diaryl/α,β-unsaturated/α-hetero) is 1. The van der Waals surface area contributed by atoms with Crippen molar-refractivity contribution >= 4 is 21.5 Å². The second-order valence-electron chi connectivity index (χ2n) is 8.33. The summed E-state index contributed by atoms with van der Waals surface area (Å²) < 4.78 is 41.2. The fourth-order valence-corrected chi connectivity index (χ4v) is 5.22. The van der Waals surface area contributed by atoms with E-state index in [0.29, 0.717) is 28.2 Å². The normalized spacial score (nSPS) is 17.1. The molecule has 7 heteroatoms. The zero-order valence-corrected chi connectivity index (χ0v) is 20.8. The Morgan fingerprint density at radius 3 is 2.11 bits per heavy atom. The molecule has 0 saturated carbocycles. The second kappa shape index (κ2) is 9.80. The van der Waals surface area contributed by atoms with Gasteiger partial charge >= 0.3 is 0 Å². The first kappa shape index (κ1) is 24.3. The third-order valence-electron chi connectivity index (χ3n) is 5.85. The molecule has 0 fully saturated rings. The molecule has 3 aromatic rings. The summed E-state index contributed by atoms with van der Waals surface area (Å²) >= 11 is 0. The van der Waals surface area contributed by atoms with Crippen molar-refractivity contribution in [2.75, 3.05) is 7.11 Å². The Hall–Kier alpha value is -3.84. The van der Waals surface area contributed by atoms with E-state index in [1.165, 1.54) is 6.92 Å². The SMILES string of the molecule is COc1ccc(/C(NS(=O)(=O)c2ccc(C)cc2)=C2/C(C(C)=O)=C(C)OC2c2ccccc2)cc1. The Morgan fingerprint density at radius 2 is 1.54 bits per heavy atom. The van der Waals surface area contributed by atoms with Crippen molar-refractivity contribution in [3.05, 3.63) is 112 Å². The first-order chi connectivity index (χ1) is 16.7. The number of carbonyl (C=O) groups excluding carboxylic acids is 1. The van der Waals surface area contributed by atoms with Gasteiger partial charge in [0.05, 0.1) is 23.3 Å². The Morgan fingerprint density at radius 1 is 0.914 bits per heavy atom. The van der Waals surface area contributed by atoms with Crippen LogP contribution in [0, 0.1) is 6.92 Å². The zero-order chi connectivity index (χ0) is 25.2. The van der Waals surface area contributed by atoms with Crippen molar-refractivity contribution in [1.82, 2.24) is 4.72 Å². The number of ketones is 1. The average Bonchev–Trinajstić information content (AvgIpc) is 3.20. The third-order valence-corrected chi connectivity index (χ3v) is 7.21. The molecule has 1 N–H and O–H groups in total. The molecule has 35 heavy (non-hydrogen) atoms. The number of hydrogen-bond donors (Lipinski definition) is 1. The van der Waals surface area contributed by atoms with Gasteiger partial charge in [0, 0.05) is 5.57 Å². The largest absolute Gasteiger partial charge is 0.497 e. The maximum absolute atomic E-state index is 13.5. The monoisotopic (exact) mass is 489 g/mol. The number of rotatable bonds is 7. The van der Waals surface area contributed by atoms with E-state index in [9.17, 15) is 13.2 Å². The van der Waals surface area contributed by atoms with Crippen LogP contribution in [0.1, 0.15) is 36.6 Å². The highest BCUT2D eigenvalue weighted by molar-refractivity contribution is 7.89. The Kier molecular flexibility index (Phi) is 6.80. The summed E-state index contributed by atoms with van der Waals surface area (Å²) in [5, 5.41) is 0. The van der Waals surface area contributed by atoms with Gasteiger partial charge in [-0.2, -0.15) is 0 Å². The van der Waals surface area contributed by atoms with Gasteiger partial charge in [-0.15, -0.1) is 0 Å². The van der Waals surface area contributed by atoms with Crippen molar-refractivity contribution in [3.63, 3.8) is 0 Å². The molecular formula is C28H27NO5S. The second-order valence-corrected chi connectivity index (χ2v) is 10.0. The van der Waals surface area contributed by atoms with Gasteiger partial charge in [0.1, 0.15) is 11.5 Å². The molecule has 0 spiro atoms. The molecule has 1 atom stereocenters. The molecule has 0 bridgehead atoms. The first-order valence-corrected chi connectivity index (χ1v) is 12.6. The van der Waals surface area contributed by atoms with Crippen LogP contribution in [-0.2, 0) is 19.6 Å². The van der Waals surface area contributed by atoms with Gasteiger partial charge in [-0.3, -0.25) is 9.52 Å². The minimum absolute atomic E-state index is 0.120. The van der Waals surface area contributed by atoms with Crippen LogP contribution in [0.15, 0.2) is 101 Å². The number of methoxy groups -OCH3 is 1. The summed E-state index contributed by atoms with van der Waals surface area (Å²) in [5.41, 5.74) is 3.44. The molecule has 6 nitrogen and oxygen atoms in total. The molecule has 1 aliphatic rings. The molecule has 4 rings (SSSR count). The van der Waals surface area contributed by atoms with Crippen LogP contribution in [0.2, 0.25) is 0 Å². The van der Waals surface area contributed by atoms with Crippen LogP contribution in [0.4, 0.5) is 0 Å². The van der Waals surface area contributed by atoms with E-state index < -0.39 is 16.1 Å². The number of sulfonamides is 1. The number of allylic oxidation sites excluding steroid dienone is 1. The molecule has 0 aliphatic carbocycles. The summed E-state index contributed by atoms with van der Waals surface area (Å²) in [6.45, 7) is 5.07. The molecule has 1 unspecified atom stereocenters. The van der Waals surface area contributed by atoms with Crippen LogP contribution in [0.25, 0.3) is 5.70 Å². The third kappa shape index (κ3) is 5.00. The van der Waals surface area contributed by atoms with Gasteiger partial charge in [-0.05, 0) is 68.3 Å². The zero-order valence-electron chi connectivity index (χ0n) is 20.0. The quantitative estimate of drug-likeness (QED) is 0.485. The first-order valence-electron chi connectivity index (χ1n) is 11.1. The number of benzene rings is 3. The lowest BCUT2D eigenvalue weighted by atomic mass is 9.91. The van der Waals surface area contributed by atoms with E-state index in [2.05, 4.69) is 4.72 Å². The smallest absolute Gasteiger partial charge is 0.261 e. The van der Waals surface area contributed by atoms with Crippen molar-refractivity contribution < 1.29 is 22.7 Å². The Bertz CT molecular complexity index is 1400. The van der Waals surface area contributed by atoms with Gasteiger partial charge in [-0.25, -0.2) is 8.42 Å². The van der Waals surface area contributed by atoms with Gasteiger partial charge in [0.2, 0.25) is 0 Å². The molecule has 0 radical (unpaired) electrons. The summed E-state index contributed by atoms with van der Waals surface area (Å²) in [4.78, 5) is 12.9. The summed E-state index contributed by atoms with van der Waals surface area (Å²) in [6, 6.07) is 23.0. The van der Waals surface area contributed by atoms with Crippen molar-refractivity contribution in [1.29, 1.82) is 0 Å². The standard InChI is InChI=1S/C28H27NO5S/c1-18-10-16-24(17-11-18)35(31,32)29-27(21-12-14-23(33-4)15-13-21)26-25(19(2)30)20(3)34-28(26)22-8-6-5-7-9-22/h5-17,28-29H,1-4H3/b27-26+. The Labute approximate surface area is 206 Å².